The van der Waals surface area contributed by atoms with E-state index < -0.39 is 0 Å². The molecule has 3 aromatic rings. The van der Waals surface area contributed by atoms with Crippen LogP contribution in [0.25, 0.3) is 10.6 Å². The fourth-order valence-electron chi connectivity index (χ4n) is 1.82. The van der Waals surface area contributed by atoms with E-state index in [1.807, 2.05) is 6.07 Å². The van der Waals surface area contributed by atoms with E-state index in [9.17, 15) is 0 Å². The van der Waals surface area contributed by atoms with Crippen LogP contribution in [0.5, 0.6) is 0 Å². The number of nitrogens with one attached hydrogen (secondary N) is 1. The smallest absolute Gasteiger partial charge is 0.210 e. The van der Waals surface area contributed by atoms with Crippen molar-refractivity contribution in [1.82, 2.24) is 10.2 Å². The van der Waals surface area contributed by atoms with Gasteiger partial charge in [0.05, 0.1) is 10.0 Å². The van der Waals surface area contributed by atoms with Crippen LogP contribution in [-0.2, 0) is 0 Å². The van der Waals surface area contributed by atoms with Crippen LogP contribution in [0, 0.1) is 0 Å². The summed E-state index contributed by atoms with van der Waals surface area (Å²) in [5, 5.41) is 14.2. The first-order valence-electron chi connectivity index (χ1n) is 6.36. The molecule has 0 fully saturated rings. The lowest BCUT2D eigenvalue weighted by Crippen LogP contribution is -1.89. The first-order chi connectivity index (χ1) is 10.7. The Morgan fingerprint density at radius 3 is 2.45 bits per heavy atom. The molecule has 0 saturated carbocycles. The summed E-state index contributed by atoms with van der Waals surface area (Å²) in [7, 11) is 0. The highest BCUT2D eigenvalue weighted by Gasteiger charge is 2.08. The summed E-state index contributed by atoms with van der Waals surface area (Å²) >= 11 is 15.1. The SMILES string of the molecule is CSc1ccc(-c2nnc(Nc3ccc(Cl)c(Cl)c3)s2)cc1. The van der Waals surface area contributed by atoms with Gasteiger partial charge in [0, 0.05) is 16.1 Å². The quantitative estimate of drug-likeness (QED) is 0.575. The minimum atomic E-state index is 0.504. The van der Waals surface area contributed by atoms with Crippen LogP contribution in [0.4, 0.5) is 10.8 Å². The molecule has 112 valence electrons. The second-order valence-electron chi connectivity index (χ2n) is 4.39. The summed E-state index contributed by atoms with van der Waals surface area (Å²) in [5.41, 5.74) is 1.88. The molecule has 0 radical (unpaired) electrons. The number of anilines is 2. The van der Waals surface area contributed by atoms with Gasteiger partial charge in [-0.2, -0.15) is 0 Å². The Balaban J connectivity index is 1.79. The minimum Gasteiger partial charge on any atom is -0.330 e. The van der Waals surface area contributed by atoms with Gasteiger partial charge in [-0.3, -0.25) is 0 Å². The van der Waals surface area contributed by atoms with Gasteiger partial charge in [0.25, 0.3) is 0 Å². The van der Waals surface area contributed by atoms with Crippen LogP contribution in [0.15, 0.2) is 47.4 Å². The third kappa shape index (κ3) is 3.55. The van der Waals surface area contributed by atoms with Crippen LogP contribution < -0.4 is 5.32 Å². The summed E-state index contributed by atoms with van der Waals surface area (Å²) in [6.45, 7) is 0. The van der Waals surface area contributed by atoms with Gasteiger partial charge in [-0.05, 0) is 36.6 Å². The molecule has 7 heteroatoms. The molecule has 0 bridgehead atoms. The van der Waals surface area contributed by atoms with Gasteiger partial charge in [-0.15, -0.1) is 22.0 Å². The number of halogens is 2. The standard InChI is InChI=1S/C15H11Cl2N3S2/c1-21-11-5-2-9(3-6-11)14-19-20-15(22-14)18-10-4-7-12(16)13(17)8-10/h2-8H,1H3,(H,18,20). The van der Waals surface area contributed by atoms with Crippen molar-refractivity contribution in [2.45, 2.75) is 4.90 Å². The fourth-order valence-corrected chi connectivity index (χ4v) is 3.30. The number of rotatable bonds is 4. The molecule has 0 atom stereocenters. The molecular weight excluding hydrogens is 357 g/mol. The lowest BCUT2D eigenvalue weighted by molar-refractivity contribution is 1.10. The van der Waals surface area contributed by atoms with E-state index in [1.165, 1.54) is 16.2 Å². The summed E-state index contributed by atoms with van der Waals surface area (Å²) in [6.07, 6.45) is 2.05. The Bertz CT molecular complexity index is 788. The van der Waals surface area contributed by atoms with Crippen molar-refractivity contribution in [1.29, 1.82) is 0 Å². The summed E-state index contributed by atoms with van der Waals surface area (Å²) in [6, 6.07) is 13.6. The average molecular weight is 368 g/mol. The molecule has 3 nitrogen and oxygen atoms in total. The molecule has 0 aliphatic rings. The lowest BCUT2D eigenvalue weighted by atomic mass is 10.2. The Hall–Kier alpha value is -1.27. The molecule has 2 aromatic carbocycles. The van der Waals surface area contributed by atoms with E-state index in [0.29, 0.717) is 15.2 Å². The first kappa shape index (κ1) is 15.6. The maximum absolute atomic E-state index is 6.00. The van der Waals surface area contributed by atoms with Gasteiger partial charge in [-0.1, -0.05) is 46.7 Å². The monoisotopic (exact) mass is 367 g/mol. The molecule has 0 aliphatic heterocycles. The second-order valence-corrected chi connectivity index (χ2v) is 7.07. The van der Waals surface area contributed by atoms with Crippen molar-refractivity contribution in [3.8, 4) is 10.6 Å². The molecule has 0 amide bonds. The van der Waals surface area contributed by atoms with E-state index in [4.69, 9.17) is 23.2 Å². The van der Waals surface area contributed by atoms with E-state index in [-0.39, 0.29) is 0 Å². The van der Waals surface area contributed by atoms with Gasteiger partial charge in [0.15, 0.2) is 0 Å². The number of hydrogen-bond donors (Lipinski definition) is 1. The highest BCUT2D eigenvalue weighted by Crippen LogP contribution is 2.31. The van der Waals surface area contributed by atoms with Crippen molar-refractivity contribution in [2.75, 3.05) is 11.6 Å². The van der Waals surface area contributed by atoms with Crippen LogP contribution >= 0.6 is 46.3 Å². The molecule has 3 rings (SSSR count). The van der Waals surface area contributed by atoms with Crippen LogP contribution in [0.3, 0.4) is 0 Å². The van der Waals surface area contributed by atoms with Crippen LogP contribution in [0.2, 0.25) is 10.0 Å². The van der Waals surface area contributed by atoms with E-state index in [0.717, 1.165) is 16.3 Å². The summed E-state index contributed by atoms with van der Waals surface area (Å²) in [4.78, 5) is 1.22. The van der Waals surface area contributed by atoms with Gasteiger partial charge in [-0.25, -0.2) is 0 Å². The van der Waals surface area contributed by atoms with Crippen LogP contribution in [-0.4, -0.2) is 16.5 Å². The van der Waals surface area contributed by atoms with Crippen molar-refractivity contribution in [3.05, 3.63) is 52.5 Å². The van der Waals surface area contributed by atoms with Gasteiger partial charge >= 0.3 is 0 Å². The number of aromatic nitrogens is 2. The number of nitrogens with zero attached hydrogens (tertiary/aromatic N) is 2. The predicted octanol–water partition coefficient (Wildman–Crippen LogP) is 5.98. The number of hydrogen-bond acceptors (Lipinski definition) is 5. The molecule has 22 heavy (non-hydrogen) atoms. The van der Waals surface area contributed by atoms with Crippen molar-refractivity contribution >= 4 is 57.1 Å². The number of thioether (sulfide) groups is 1. The Kier molecular flexibility index (Phi) is 4.88. The molecule has 0 saturated heterocycles. The Morgan fingerprint density at radius 2 is 1.77 bits per heavy atom. The third-order valence-corrected chi connectivity index (χ3v) is 5.30. The van der Waals surface area contributed by atoms with E-state index in [2.05, 4.69) is 46.0 Å². The number of benzene rings is 2. The van der Waals surface area contributed by atoms with Gasteiger partial charge in [0.2, 0.25) is 5.13 Å². The van der Waals surface area contributed by atoms with Crippen molar-refractivity contribution in [2.24, 2.45) is 0 Å². The zero-order valence-electron chi connectivity index (χ0n) is 11.5. The molecule has 1 N–H and O–H groups in total. The topological polar surface area (TPSA) is 37.8 Å². The fraction of sp³-hybridized carbons (Fsp3) is 0.0667. The molecule has 0 aliphatic carbocycles. The van der Waals surface area contributed by atoms with E-state index >= 15 is 0 Å². The van der Waals surface area contributed by atoms with Gasteiger partial charge < -0.3 is 5.32 Å². The molecule has 1 aromatic heterocycles. The highest BCUT2D eigenvalue weighted by molar-refractivity contribution is 7.98. The second kappa shape index (κ2) is 6.87. The maximum atomic E-state index is 6.00. The average Bonchev–Trinajstić information content (AvgIpc) is 2.99. The van der Waals surface area contributed by atoms with Crippen molar-refractivity contribution in [3.63, 3.8) is 0 Å². The van der Waals surface area contributed by atoms with Crippen LogP contribution in [0.1, 0.15) is 0 Å². The zero-order chi connectivity index (χ0) is 15.5. The zero-order valence-corrected chi connectivity index (χ0v) is 14.7. The normalized spacial score (nSPS) is 10.7. The minimum absolute atomic E-state index is 0.504. The molecule has 1 heterocycles. The maximum Gasteiger partial charge on any atom is 0.210 e. The lowest BCUT2D eigenvalue weighted by Gasteiger charge is -2.03. The summed E-state index contributed by atoms with van der Waals surface area (Å²) in [5.74, 6) is 0. The summed E-state index contributed by atoms with van der Waals surface area (Å²) < 4.78 is 0. The largest absolute Gasteiger partial charge is 0.330 e. The highest BCUT2D eigenvalue weighted by atomic mass is 35.5. The molecular formula is C15H11Cl2N3S2. The van der Waals surface area contributed by atoms with Gasteiger partial charge in [0.1, 0.15) is 5.01 Å². The predicted molar refractivity (Wildman–Crippen MR) is 96.9 cm³/mol. The third-order valence-electron chi connectivity index (χ3n) is 2.93. The van der Waals surface area contributed by atoms with Crippen molar-refractivity contribution < 1.29 is 0 Å². The van der Waals surface area contributed by atoms with E-state index in [1.54, 1.807) is 23.9 Å². The molecule has 0 unspecified atom stereocenters. The first-order valence-corrected chi connectivity index (χ1v) is 9.15. The Labute approximate surface area is 146 Å². The molecule has 0 spiro atoms. The Morgan fingerprint density at radius 1 is 1.00 bits per heavy atom.